The summed E-state index contributed by atoms with van der Waals surface area (Å²) in [6, 6.07) is 12.7. The standard InChI is InChI=1S/C25H31N5O4S/c1-29(2)17-27-35(32,33)22-7-9-24(34-3)19(14-22)15-30-12-4-5-21(16-30)28-20-6-8-23-18(13-20)10-11-26-25(23)31/h6-11,13-14,17,21,28H,4-5,12,15-16H2,1-3H3,(H,26,31)/b27-17+/t21-/m1/s1. The molecule has 1 aliphatic heterocycles. The summed E-state index contributed by atoms with van der Waals surface area (Å²) < 4.78 is 34.5. The number of aromatic nitrogens is 1. The molecule has 0 radical (unpaired) electrons. The van der Waals surface area contributed by atoms with Crippen molar-refractivity contribution in [3.05, 3.63) is 64.6 Å². The molecular formula is C25H31N5O4S. The molecule has 9 nitrogen and oxygen atoms in total. The molecule has 1 atom stereocenters. The molecule has 1 fully saturated rings. The first-order chi connectivity index (χ1) is 16.7. The fourth-order valence-electron chi connectivity index (χ4n) is 4.33. The highest BCUT2D eigenvalue weighted by Gasteiger charge is 2.22. The van der Waals surface area contributed by atoms with Gasteiger partial charge in [-0.1, -0.05) is 0 Å². The van der Waals surface area contributed by atoms with Gasteiger partial charge in [-0.2, -0.15) is 8.42 Å². The number of aromatic amines is 1. The number of piperidine rings is 1. The molecule has 4 rings (SSSR count). The van der Waals surface area contributed by atoms with E-state index in [2.05, 4.69) is 19.6 Å². The van der Waals surface area contributed by atoms with Gasteiger partial charge in [0.15, 0.2) is 0 Å². The summed E-state index contributed by atoms with van der Waals surface area (Å²) in [5.74, 6) is 0.648. The Bertz CT molecular complexity index is 1380. The molecule has 0 amide bonds. The van der Waals surface area contributed by atoms with Crippen molar-refractivity contribution < 1.29 is 13.2 Å². The molecule has 0 unspecified atom stereocenters. The van der Waals surface area contributed by atoms with E-state index in [1.807, 2.05) is 24.3 Å². The third-order valence-electron chi connectivity index (χ3n) is 6.01. The lowest BCUT2D eigenvalue weighted by atomic mass is 10.0. The van der Waals surface area contributed by atoms with Crippen LogP contribution in [0.5, 0.6) is 5.75 Å². The maximum absolute atomic E-state index is 12.6. The second-order valence-electron chi connectivity index (χ2n) is 8.96. The maximum Gasteiger partial charge on any atom is 0.283 e. The topological polar surface area (TPSA) is 107 Å². The number of benzene rings is 2. The number of sulfonamides is 1. The Kier molecular flexibility index (Phi) is 7.42. The molecule has 186 valence electrons. The molecule has 0 bridgehead atoms. The van der Waals surface area contributed by atoms with Gasteiger partial charge in [-0.15, -0.1) is 4.40 Å². The van der Waals surface area contributed by atoms with Gasteiger partial charge in [-0.05, 0) is 67.2 Å². The molecule has 2 heterocycles. The lowest BCUT2D eigenvalue weighted by Crippen LogP contribution is -2.41. The third kappa shape index (κ3) is 6.01. The minimum atomic E-state index is -3.80. The molecular weight excluding hydrogens is 466 g/mol. The van der Waals surface area contributed by atoms with Crippen molar-refractivity contribution in [2.24, 2.45) is 4.40 Å². The number of rotatable bonds is 8. The Morgan fingerprint density at radius 1 is 1.23 bits per heavy atom. The van der Waals surface area contributed by atoms with E-state index >= 15 is 0 Å². The summed E-state index contributed by atoms with van der Waals surface area (Å²) in [6.07, 6.45) is 4.97. The fraction of sp³-hybridized carbons (Fsp3) is 0.360. The van der Waals surface area contributed by atoms with E-state index in [0.29, 0.717) is 17.7 Å². The molecule has 3 aromatic rings. The summed E-state index contributed by atoms with van der Waals surface area (Å²) >= 11 is 0. The van der Waals surface area contributed by atoms with Gasteiger partial charge in [0.1, 0.15) is 12.1 Å². The van der Waals surface area contributed by atoms with Crippen molar-refractivity contribution in [1.82, 2.24) is 14.8 Å². The minimum Gasteiger partial charge on any atom is -0.496 e. The Labute approximate surface area is 205 Å². The van der Waals surface area contributed by atoms with Crippen molar-refractivity contribution in [2.45, 2.75) is 30.3 Å². The molecule has 2 N–H and O–H groups in total. The normalized spacial score (nSPS) is 17.1. The molecule has 1 aliphatic rings. The number of anilines is 1. The maximum atomic E-state index is 12.6. The Morgan fingerprint density at radius 2 is 2.06 bits per heavy atom. The first-order valence-electron chi connectivity index (χ1n) is 11.5. The number of hydrogen-bond donors (Lipinski definition) is 2. The molecule has 0 aliphatic carbocycles. The first kappa shape index (κ1) is 24.7. The van der Waals surface area contributed by atoms with Crippen LogP contribution < -0.4 is 15.6 Å². The number of H-pyrrole nitrogens is 1. The van der Waals surface area contributed by atoms with Crippen LogP contribution in [0.15, 0.2) is 62.7 Å². The highest BCUT2D eigenvalue weighted by molar-refractivity contribution is 7.90. The van der Waals surface area contributed by atoms with E-state index in [0.717, 1.165) is 42.6 Å². The van der Waals surface area contributed by atoms with Crippen LogP contribution in [-0.4, -0.2) is 69.9 Å². The zero-order valence-electron chi connectivity index (χ0n) is 20.2. The van der Waals surface area contributed by atoms with Gasteiger partial charge < -0.3 is 19.9 Å². The largest absolute Gasteiger partial charge is 0.496 e. The summed E-state index contributed by atoms with van der Waals surface area (Å²) in [5, 5.41) is 5.16. The van der Waals surface area contributed by atoms with Gasteiger partial charge in [0.05, 0.1) is 12.0 Å². The van der Waals surface area contributed by atoms with Gasteiger partial charge >= 0.3 is 0 Å². The highest BCUT2D eigenvalue weighted by atomic mass is 32.2. The average molecular weight is 498 g/mol. The van der Waals surface area contributed by atoms with Gasteiger partial charge in [0, 0.05) is 56.1 Å². The van der Waals surface area contributed by atoms with Crippen LogP contribution in [0.2, 0.25) is 0 Å². The zero-order valence-corrected chi connectivity index (χ0v) is 21.0. The molecule has 35 heavy (non-hydrogen) atoms. The Morgan fingerprint density at radius 3 is 2.83 bits per heavy atom. The fourth-order valence-corrected chi connectivity index (χ4v) is 5.30. The van der Waals surface area contributed by atoms with Crippen molar-refractivity contribution in [2.75, 3.05) is 39.6 Å². The molecule has 1 aromatic heterocycles. The van der Waals surface area contributed by atoms with Crippen LogP contribution in [0.1, 0.15) is 18.4 Å². The average Bonchev–Trinajstić information content (AvgIpc) is 2.83. The van der Waals surface area contributed by atoms with Gasteiger partial charge in [-0.25, -0.2) is 0 Å². The second-order valence-corrected chi connectivity index (χ2v) is 10.6. The van der Waals surface area contributed by atoms with Gasteiger partial charge in [0.25, 0.3) is 15.6 Å². The van der Waals surface area contributed by atoms with Crippen molar-refractivity contribution in [3.8, 4) is 5.75 Å². The predicted octanol–water partition coefficient (Wildman–Crippen LogP) is 2.89. The zero-order chi connectivity index (χ0) is 25.0. The van der Waals surface area contributed by atoms with E-state index in [4.69, 9.17) is 4.74 Å². The molecule has 0 spiro atoms. The number of nitrogens with zero attached hydrogens (tertiary/aromatic N) is 3. The van der Waals surface area contributed by atoms with Crippen LogP contribution in [0.3, 0.4) is 0 Å². The SMILES string of the molecule is COc1ccc(S(=O)(=O)/N=C/N(C)C)cc1CN1CCC[C@@H](Nc2ccc3c(=O)[nH]ccc3c2)C1. The monoisotopic (exact) mass is 497 g/mol. The van der Waals surface area contributed by atoms with E-state index in [9.17, 15) is 13.2 Å². The summed E-state index contributed by atoms with van der Waals surface area (Å²) in [4.78, 5) is 18.7. The Hall–Kier alpha value is -3.37. The quantitative estimate of drug-likeness (QED) is 0.364. The number of likely N-dealkylation sites (tertiary alicyclic amines) is 1. The molecule has 10 heteroatoms. The van der Waals surface area contributed by atoms with Gasteiger partial charge in [-0.3, -0.25) is 9.69 Å². The van der Waals surface area contributed by atoms with E-state index in [-0.39, 0.29) is 16.5 Å². The van der Waals surface area contributed by atoms with Crippen molar-refractivity contribution >= 4 is 32.8 Å². The molecule has 1 saturated heterocycles. The number of methoxy groups -OCH3 is 1. The third-order valence-corrected chi connectivity index (χ3v) is 7.23. The molecule has 0 saturated carbocycles. The number of nitrogens with one attached hydrogen (secondary N) is 2. The number of hydrogen-bond acceptors (Lipinski definition) is 6. The predicted molar refractivity (Wildman–Crippen MR) is 139 cm³/mol. The highest BCUT2D eigenvalue weighted by Crippen LogP contribution is 2.27. The van der Waals surface area contributed by atoms with Crippen LogP contribution in [-0.2, 0) is 16.6 Å². The second kappa shape index (κ2) is 10.5. The van der Waals surface area contributed by atoms with Crippen LogP contribution in [0.4, 0.5) is 5.69 Å². The minimum absolute atomic E-state index is 0.0940. The number of pyridine rings is 1. The lowest BCUT2D eigenvalue weighted by molar-refractivity contribution is 0.206. The van der Waals surface area contributed by atoms with E-state index in [1.165, 1.54) is 12.4 Å². The summed E-state index contributed by atoms with van der Waals surface area (Å²) in [6.45, 7) is 2.27. The first-order valence-corrected chi connectivity index (χ1v) is 12.9. The van der Waals surface area contributed by atoms with E-state index in [1.54, 1.807) is 44.4 Å². The summed E-state index contributed by atoms with van der Waals surface area (Å²) in [7, 11) is 1.22. The smallest absolute Gasteiger partial charge is 0.283 e. The van der Waals surface area contributed by atoms with Crippen LogP contribution in [0, 0.1) is 0 Å². The van der Waals surface area contributed by atoms with Crippen LogP contribution >= 0.6 is 0 Å². The number of fused-ring (bicyclic) bond motifs is 1. The number of ether oxygens (including phenoxy) is 1. The van der Waals surface area contributed by atoms with Crippen molar-refractivity contribution in [1.29, 1.82) is 0 Å². The van der Waals surface area contributed by atoms with Crippen LogP contribution in [0.25, 0.3) is 10.8 Å². The lowest BCUT2D eigenvalue weighted by Gasteiger charge is -2.34. The van der Waals surface area contributed by atoms with Crippen molar-refractivity contribution in [3.63, 3.8) is 0 Å². The van der Waals surface area contributed by atoms with Gasteiger partial charge in [0.2, 0.25) is 0 Å². The van der Waals surface area contributed by atoms with E-state index < -0.39 is 10.0 Å². The Balaban J connectivity index is 1.49. The summed E-state index contributed by atoms with van der Waals surface area (Å²) in [5.41, 5.74) is 1.68. The molecule has 2 aromatic carbocycles.